The smallest absolute Gasteiger partial charge is 0.437 e. The standard InChI is InChI=1S/C21H24ClN3O7/c1-28-15-5-3-14(18(22)19(15)29-2)4-6-16-23-25(20(27)32-16)13-17(26)24-9-7-21(8-10-24)30-11-12-31-21/h3-6H,7-13H2,1-2H3/b6-4+. The van der Waals surface area contributed by atoms with E-state index < -0.39 is 11.5 Å². The van der Waals surface area contributed by atoms with Gasteiger partial charge in [-0.2, -0.15) is 4.68 Å². The largest absolute Gasteiger partial charge is 0.493 e. The van der Waals surface area contributed by atoms with Crippen LogP contribution in [0.2, 0.25) is 5.02 Å². The van der Waals surface area contributed by atoms with Gasteiger partial charge in [0.15, 0.2) is 17.3 Å². The molecule has 2 aliphatic heterocycles. The number of carbonyl (C=O) groups excluding carboxylic acids is 1. The second kappa shape index (κ2) is 9.35. The molecule has 32 heavy (non-hydrogen) atoms. The van der Waals surface area contributed by atoms with Gasteiger partial charge in [-0.25, -0.2) is 4.79 Å². The number of aromatic nitrogens is 2. The van der Waals surface area contributed by atoms with Crippen molar-refractivity contribution in [3.05, 3.63) is 39.2 Å². The number of carbonyl (C=O) groups is 1. The minimum Gasteiger partial charge on any atom is -0.493 e. The quantitative estimate of drug-likeness (QED) is 0.638. The maximum atomic E-state index is 12.6. The molecule has 2 aliphatic rings. The summed E-state index contributed by atoms with van der Waals surface area (Å²) in [6.45, 7) is 1.94. The average Bonchev–Trinajstić information content (AvgIpc) is 3.39. The normalized spacial score (nSPS) is 17.9. The Morgan fingerprint density at radius 1 is 1.19 bits per heavy atom. The number of hydrogen-bond acceptors (Lipinski definition) is 8. The van der Waals surface area contributed by atoms with E-state index in [1.807, 2.05) is 0 Å². The Kier molecular flexibility index (Phi) is 6.54. The summed E-state index contributed by atoms with van der Waals surface area (Å²) in [6, 6.07) is 3.45. The molecule has 4 rings (SSSR count). The lowest BCUT2D eigenvalue weighted by atomic mass is 10.0. The zero-order chi connectivity index (χ0) is 22.7. The van der Waals surface area contributed by atoms with E-state index in [1.165, 1.54) is 20.3 Å². The summed E-state index contributed by atoms with van der Waals surface area (Å²) in [5.41, 5.74) is 0.621. The maximum Gasteiger partial charge on any atom is 0.437 e. The Morgan fingerprint density at radius 2 is 1.91 bits per heavy atom. The Hall–Kier alpha value is -2.82. The fraction of sp³-hybridized carbons (Fsp3) is 0.476. The van der Waals surface area contributed by atoms with Gasteiger partial charge in [-0.3, -0.25) is 4.79 Å². The van der Waals surface area contributed by atoms with Crippen molar-refractivity contribution in [2.24, 2.45) is 0 Å². The van der Waals surface area contributed by atoms with Crippen LogP contribution in [-0.2, 0) is 20.8 Å². The number of rotatable bonds is 6. The molecule has 2 aromatic rings. The van der Waals surface area contributed by atoms with Crippen LogP contribution in [0.4, 0.5) is 0 Å². The topological polar surface area (TPSA) is 105 Å². The zero-order valence-electron chi connectivity index (χ0n) is 17.8. The summed E-state index contributed by atoms with van der Waals surface area (Å²) in [7, 11) is 3.01. The van der Waals surface area contributed by atoms with E-state index in [0.717, 1.165) is 4.68 Å². The molecule has 0 bridgehead atoms. The summed E-state index contributed by atoms with van der Waals surface area (Å²) in [5.74, 6) is -0.549. The molecule has 1 aromatic carbocycles. The summed E-state index contributed by atoms with van der Waals surface area (Å²) in [5, 5.41) is 4.44. The highest BCUT2D eigenvalue weighted by Gasteiger charge is 2.40. The number of halogens is 1. The van der Waals surface area contributed by atoms with Crippen LogP contribution in [0, 0.1) is 0 Å². The Labute approximate surface area is 189 Å². The fourth-order valence-corrected chi connectivity index (χ4v) is 4.09. The van der Waals surface area contributed by atoms with Crippen molar-refractivity contribution in [2.45, 2.75) is 25.2 Å². The van der Waals surface area contributed by atoms with Crippen molar-refractivity contribution in [1.29, 1.82) is 0 Å². The summed E-state index contributed by atoms with van der Waals surface area (Å²) in [4.78, 5) is 26.5. The van der Waals surface area contributed by atoms with Crippen LogP contribution in [0.5, 0.6) is 11.5 Å². The Bertz CT molecular complexity index is 1060. The van der Waals surface area contributed by atoms with E-state index >= 15 is 0 Å². The van der Waals surface area contributed by atoms with Crippen LogP contribution in [0.1, 0.15) is 24.3 Å². The van der Waals surface area contributed by atoms with Gasteiger partial charge in [0, 0.05) is 32.0 Å². The van der Waals surface area contributed by atoms with Gasteiger partial charge >= 0.3 is 5.76 Å². The molecule has 0 unspecified atom stereocenters. The zero-order valence-corrected chi connectivity index (χ0v) is 18.6. The molecule has 1 aromatic heterocycles. The molecule has 0 atom stereocenters. The van der Waals surface area contributed by atoms with Crippen molar-refractivity contribution in [3.8, 4) is 11.5 Å². The lowest BCUT2D eigenvalue weighted by molar-refractivity contribution is -0.187. The van der Waals surface area contributed by atoms with Crippen LogP contribution in [0.3, 0.4) is 0 Å². The molecular weight excluding hydrogens is 442 g/mol. The van der Waals surface area contributed by atoms with Crippen LogP contribution >= 0.6 is 11.6 Å². The number of likely N-dealkylation sites (tertiary alicyclic amines) is 1. The number of amides is 1. The lowest BCUT2D eigenvalue weighted by Gasteiger charge is -2.37. The predicted molar refractivity (Wildman–Crippen MR) is 115 cm³/mol. The van der Waals surface area contributed by atoms with Gasteiger partial charge in [0.2, 0.25) is 11.8 Å². The summed E-state index contributed by atoms with van der Waals surface area (Å²) >= 11 is 6.35. The van der Waals surface area contributed by atoms with Gasteiger partial charge in [-0.1, -0.05) is 11.6 Å². The van der Waals surface area contributed by atoms with Crippen LogP contribution in [-0.4, -0.2) is 66.9 Å². The molecule has 0 saturated carbocycles. The Morgan fingerprint density at radius 3 is 2.56 bits per heavy atom. The van der Waals surface area contributed by atoms with Crippen molar-refractivity contribution in [3.63, 3.8) is 0 Å². The Balaban J connectivity index is 1.41. The van der Waals surface area contributed by atoms with E-state index in [4.69, 9.17) is 35.0 Å². The van der Waals surface area contributed by atoms with Gasteiger partial charge in [-0.05, 0) is 23.8 Å². The molecule has 2 saturated heterocycles. The first-order valence-corrected chi connectivity index (χ1v) is 10.5. The summed E-state index contributed by atoms with van der Waals surface area (Å²) in [6.07, 6.45) is 4.33. The van der Waals surface area contributed by atoms with Crippen LogP contribution in [0.25, 0.3) is 12.2 Å². The van der Waals surface area contributed by atoms with Crippen molar-refractivity contribution in [2.75, 3.05) is 40.5 Å². The molecule has 11 heteroatoms. The molecule has 1 amide bonds. The monoisotopic (exact) mass is 465 g/mol. The fourth-order valence-electron chi connectivity index (χ4n) is 3.79. The first kappa shape index (κ1) is 22.4. The van der Waals surface area contributed by atoms with Gasteiger partial charge in [-0.15, -0.1) is 5.10 Å². The molecule has 0 radical (unpaired) electrons. The number of benzene rings is 1. The maximum absolute atomic E-state index is 12.6. The van der Waals surface area contributed by atoms with Crippen molar-refractivity contribution >= 4 is 29.7 Å². The predicted octanol–water partition coefficient (Wildman–Crippen LogP) is 2.04. The number of hydrogen-bond donors (Lipinski definition) is 0. The van der Waals surface area contributed by atoms with Crippen molar-refractivity contribution < 1.29 is 28.2 Å². The van der Waals surface area contributed by atoms with Gasteiger partial charge in [0.05, 0.1) is 32.5 Å². The first-order valence-electron chi connectivity index (χ1n) is 10.2. The minimum absolute atomic E-state index is 0.0546. The van der Waals surface area contributed by atoms with Gasteiger partial charge < -0.3 is 28.3 Å². The minimum atomic E-state index is -0.715. The molecule has 0 N–H and O–H groups in total. The van der Waals surface area contributed by atoms with E-state index in [-0.39, 0.29) is 18.3 Å². The lowest BCUT2D eigenvalue weighted by Crippen LogP contribution is -2.48. The second-order valence-corrected chi connectivity index (χ2v) is 7.77. The van der Waals surface area contributed by atoms with Gasteiger partial charge in [0.1, 0.15) is 6.54 Å². The third-order valence-corrected chi connectivity index (χ3v) is 5.91. The molecule has 0 aliphatic carbocycles. The van der Waals surface area contributed by atoms with E-state index in [0.29, 0.717) is 61.2 Å². The average molecular weight is 466 g/mol. The number of ether oxygens (including phenoxy) is 4. The highest BCUT2D eigenvalue weighted by molar-refractivity contribution is 6.33. The molecule has 2 fully saturated rings. The van der Waals surface area contributed by atoms with E-state index in [9.17, 15) is 9.59 Å². The van der Waals surface area contributed by atoms with Crippen LogP contribution in [0.15, 0.2) is 21.3 Å². The van der Waals surface area contributed by atoms with Crippen molar-refractivity contribution in [1.82, 2.24) is 14.7 Å². The van der Waals surface area contributed by atoms with Gasteiger partial charge in [0.25, 0.3) is 0 Å². The second-order valence-electron chi connectivity index (χ2n) is 7.39. The molecule has 3 heterocycles. The number of methoxy groups -OCH3 is 2. The number of nitrogens with zero attached hydrogens (tertiary/aromatic N) is 3. The molecule has 10 nitrogen and oxygen atoms in total. The summed E-state index contributed by atoms with van der Waals surface area (Å²) < 4.78 is 28.0. The van der Waals surface area contributed by atoms with E-state index in [1.54, 1.807) is 23.1 Å². The highest BCUT2D eigenvalue weighted by atomic mass is 35.5. The van der Waals surface area contributed by atoms with Crippen LogP contribution < -0.4 is 15.2 Å². The van der Waals surface area contributed by atoms with E-state index in [2.05, 4.69) is 5.10 Å². The first-order chi connectivity index (χ1) is 15.4. The molecule has 1 spiro atoms. The molecule has 172 valence electrons. The number of piperidine rings is 1. The SMILES string of the molecule is COc1ccc(/C=C/c2nn(CC(=O)N3CCC4(CC3)OCCO4)c(=O)o2)c(Cl)c1OC. The third-order valence-electron chi connectivity index (χ3n) is 5.52. The molecular formula is C21H24ClN3O7. The highest BCUT2D eigenvalue weighted by Crippen LogP contribution is 2.38. The third kappa shape index (κ3) is 4.52.